The summed E-state index contributed by atoms with van der Waals surface area (Å²) in [6.07, 6.45) is -5.42. The number of piperidine rings is 1. The van der Waals surface area contributed by atoms with Crippen LogP contribution in [0.1, 0.15) is 36.5 Å². The summed E-state index contributed by atoms with van der Waals surface area (Å²) >= 11 is 6.14. The van der Waals surface area contributed by atoms with E-state index in [-0.39, 0.29) is 39.0 Å². The molecule has 218 valence electrons. The van der Waals surface area contributed by atoms with Crippen LogP contribution in [-0.4, -0.2) is 52.9 Å². The van der Waals surface area contributed by atoms with Gasteiger partial charge in [0.15, 0.2) is 0 Å². The van der Waals surface area contributed by atoms with Crippen molar-refractivity contribution in [2.75, 3.05) is 30.3 Å². The molecule has 1 unspecified atom stereocenters. The summed E-state index contributed by atoms with van der Waals surface area (Å²) in [5.41, 5.74) is 6.24. The predicted molar refractivity (Wildman–Crippen MR) is 145 cm³/mol. The molecule has 41 heavy (non-hydrogen) atoms. The standard InChI is InChI=1S/C28H28ClF4N5O3/c1-15-10-16(2-5-20(15)30)19-11-17(29)3-4-18(19)24(28(31,32)33)41-23-12-22(36-26(34)37-23)38-8-6-27(7-9-38)13-21(25(39)40)35-14-27/h2-5,10-12,21,24,35H,6-9,13-14H2,1H3,(H,39,40)(H2,34,36,37)/t21-,24?/m0/s1. The van der Waals surface area contributed by atoms with Gasteiger partial charge < -0.3 is 25.8 Å². The molecule has 4 N–H and O–H groups in total. The second kappa shape index (κ2) is 11.0. The van der Waals surface area contributed by atoms with Gasteiger partial charge in [-0.05, 0) is 72.6 Å². The molecule has 13 heteroatoms. The minimum atomic E-state index is -4.86. The lowest BCUT2D eigenvalue weighted by Gasteiger charge is -2.39. The zero-order valence-corrected chi connectivity index (χ0v) is 22.8. The molecule has 0 radical (unpaired) electrons. The highest BCUT2D eigenvalue weighted by Gasteiger charge is 2.46. The minimum Gasteiger partial charge on any atom is -0.480 e. The van der Waals surface area contributed by atoms with Crippen LogP contribution >= 0.6 is 11.6 Å². The quantitative estimate of drug-likeness (QED) is 0.319. The smallest absolute Gasteiger partial charge is 0.429 e. The Hall–Kier alpha value is -3.64. The van der Waals surface area contributed by atoms with Crippen molar-refractivity contribution in [3.63, 3.8) is 0 Å². The number of halogens is 5. The van der Waals surface area contributed by atoms with Gasteiger partial charge in [0.1, 0.15) is 17.7 Å². The third kappa shape index (κ3) is 6.18. The highest BCUT2D eigenvalue weighted by molar-refractivity contribution is 6.30. The SMILES string of the molecule is Cc1cc(-c2cc(Cl)ccc2C(Oc2cc(N3CCC4(CC3)CN[C@H](C(=O)O)C4)nc(N)n2)C(F)(F)F)ccc1F. The van der Waals surface area contributed by atoms with Crippen molar-refractivity contribution in [2.24, 2.45) is 5.41 Å². The molecule has 0 saturated carbocycles. The Bertz CT molecular complexity index is 1460. The molecule has 1 spiro atoms. The van der Waals surface area contributed by atoms with E-state index in [1.54, 1.807) is 0 Å². The van der Waals surface area contributed by atoms with Gasteiger partial charge in [0.2, 0.25) is 17.9 Å². The molecule has 2 aromatic carbocycles. The fraction of sp³-hybridized carbons (Fsp3) is 0.393. The van der Waals surface area contributed by atoms with E-state index in [4.69, 9.17) is 22.1 Å². The van der Waals surface area contributed by atoms with E-state index in [0.29, 0.717) is 50.3 Å². The van der Waals surface area contributed by atoms with Crippen molar-refractivity contribution in [3.8, 4) is 17.0 Å². The van der Waals surface area contributed by atoms with E-state index in [1.165, 1.54) is 49.4 Å². The van der Waals surface area contributed by atoms with Crippen LogP contribution in [0.4, 0.5) is 29.3 Å². The molecule has 3 heterocycles. The van der Waals surface area contributed by atoms with E-state index in [1.807, 2.05) is 4.90 Å². The summed E-state index contributed by atoms with van der Waals surface area (Å²) < 4.78 is 62.9. The summed E-state index contributed by atoms with van der Waals surface area (Å²) in [5, 5.41) is 12.6. The molecule has 0 amide bonds. The van der Waals surface area contributed by atoms with Crippen LogP contribution in [0.5, 0.6) is 5.88 Å². The van der Waals surface area contributed by atoms with Crippen molar-refractivity contribution in [1.82, 2.24) is 15.3 Å². The van der Waals surface area contributed by atoms with Crippen molar-refractivity contribution in [2.45, 2.75) is 44.5 Å². The number of carbonyl (C=O) groups is 1. The average molecular weight is 594 g/mol. The molecule has 2 saturated heterocycles. The fourth-order valence-electron chi connectivity index (χ4n) is 5.58. The number of nitrogens with one attached hydrogen (secondary N) is 1. The Morgan fingerprint density at radius 3 is 2.56 bits per heavy atom. The minimum absolute atomic E-state index is 0.136. The first kappa shape index (κ1) is 28.9. The number of alkyl halides is 3. The number of anilines is 2. The number of nitrogens with two attached hydrogens (primary N) is 1. The topological polar surface area (TPSA) is 114 Å². The number of rotatable bonds is 6. The number of nitrogen functional groups attached to an aromatic ring is 1. The van der Waals surface area contributed by atoms with Crippen LogP contribution < -0.4 is 20.7 Å². The first-order chi connectivity index (χ1) is 19.3. The number of hydrogen-bond acceptors (Lipinski definition) is 7. The fourth-order valence-corrected chi connectivity index (χ4v) is 5.75. The number of ether oxygens (including phenoxy) is 1. The van der Waals surface area contributed by atoms with Gasteiger partial charge in [0.25, 0.3) is 0 Å². The Morgan fingerprint density at radius 1 is 1.20 bits per heavy atom. The highest BCUT2D eigenvalue weighted by Crippen LogP contribution is 2.43. The summed E-state index contributed by atoms with van der Waals surface area (Å²) in [5.74, 6) is -1.67. The average Bonchev–Trinajstić information content (AvgIpc) is 3.32. The Labute approximate surface area is 238 Å². The maximum Gasteiger partial charge on any atom is 0.429 e. The van der Waals surface area contributed by atoms with Crippen LogP contribution in [0.2, 0.25) is 5.02 Å². The maximum absolute atomic E-state index is 14.5. The van der Waals surface area contributed by atoms with Crippen molar-refractivity contribution < 1.29 is 32.2 Å². The number of aromatic nitrogens is 2. The van der Waals surface area contributed by atoms with Crippen molar-refractivity contribution >= 4 is 29.3 Å². The molecule has 8 nitrogen and oxygen atoms in total. The molecular formula is C28H28ClF4N5O3. The van der Waals surface area contributed by atoms with Crippen molar-refractivity contribution in [1.29, 1.82) is 0 Å². The van der Waals surface area contributed by atoms with Gasteiger partial charge in [0, 0.05) is 36.3 Å². The Morgan fingerprint density at radius 2 is 1.93 bits per heavy atom. The summed E-state index contributed by atoms with van der Waals surface area (Å²) in [4.78, 5) is 21.4. The van der Waals surface area contributed by atoms with Crippen molar-refractivity contribution in [3.05, 3.63) is 64.4 Å². The van der Waals surface area contributed by atoms with E-state index >= 15 is 0 Å². The van der Waals surface area contributed by atoms with Gasteiger partial charge in [-0.2, -0.15) is 23.1 Å². The maximum atomic E-state index is 14.5. The molecule has 2 aliphatic heterocycles. The number of carboxylic acids is 1. The molecule has 3 aromatic rings. The summed E-state index contributed by atoms with van der Waals surface area (Å²) in [6, 6.07) is 8.67. The molecule has 2 aliphatic rings. The van der Waals surface area contributed by atoms with E-state index in [9.17, 15) is 27.5 Å². The van der Waals surface area contributed by atoms with Crippen LogP contribution in [0.3, 0.4) is 0 Å². The lowest BCUT2D eigenvalue weighted by atomic mass is 9.76. The normalized spacial score (nSPS) is 19.4. The van der Waals surface area contributed by atoms with E-state index in [2.05, 4.69) is 15.3 Å². The third-order valence-corrected chi connectivity index (χ3v) is 8.05. The zero-order valence-electron chi connectivity index (χ0n) is 22.0. The largest absolute Gasteiger partial charge is 0.480 e. The Kier molecular flexibility index (Phi) is 7.73. The lowest BCUT2D eigenvalue weighted by molar-refractivity contribution is -0.198. The number of aliphatic carboxylic acids is 1. The summed E-state index contributed by atoms with van der Waals surface area (Å²) in [6.45, 7) is 3.13. The number of aryl methyl sites for hydroxylation is 1. The first-order valence-electron chi connectivity index (χ1n) is 13.0. The van der Waals surface area contributed by atoms with Crippen LogP contribution in [0.25, 0.3) is 11.1 Å². The van der Waals surface area contributed by atoms with Crippen LogP contribution in [0.15, 0.2) is 42.5 Å². The second-order valence-electron chi connectivity index (χ2n) is 10.6. The van der Waals surface area contributed by atoms with Gasteiger partial charge in [-0.3, -0.25) is 4.79 Å². The monoisotopic (exact) mass is 593 g/mol. The van der Waals surface area contributed by atoms with Gasteiger partial charge in [-0.25, -0.2) is 4.39 Å². The van der Waals surface area contributed by atoms with Gasteiger partial charge >= 0.3 is 12.1 Å². The first-order valence-corrected chi connectivity index (χ1v) is 13.4. The molecule has 2 atom stereocenters. The lowest BCUT2D eigenvalue weighted by Crippen LogP contribution is -2.41. The molecule has 5 rings (SSSR count). The van der Waals surface area contributed by atoms with Gasteiger partial charge in [0.05, 0.1) is 0 Å². The highest BCUT2D eigenvalue weighted by atomic mass is 35.5. The predicted octanol–water partition coefficient (Wildman–Crippen LogP) is 5.54. The molecular weight excluding hydrogens is 566 g/mol. The number of hydrogen-bond donors (Lipinski definition) is 3. The summed E-state index contributed by atoms with van der Waals surface area (Å²) in [7, 11) is 0. The second-order valence-corrected chi connectivity index (χ2v) is 11.1. The van der Waals surface area contributed by atoms with Gasteiger partial charge in [-0.15, -0.1) is 0 Å². The third-order valence-electron chi connectivity index (χ3n) is 7.82. The number of benzene rings is 2. The molecule has 2 fully saturated rings. The van der Waals surface area contributed by atoms with Gasteiger partial charge in [-0.1, -0.05) is 23.7 Å². The van der Waals surface area contributed by atoms with E-state index < -0.39 is 30.1 Å². The molecule has 0 aliphatic carbocycles. The van der Waals surface area contributed by atoms with Crippen LogP contribution in [0, 0.1) is 18.2 Å². The Balaban J connectivity index is 1.42. The molecule has 1 aromatic heterocycles. The number of carboxylic acid groups (broad SMARTS) is 1. The zero-order chi connectivity index (χ0) is 29.5. The molecule has 0 bridgehead atoms. The van der Waals surface area contributed by atoms with E-state index in [0.717, 1.165) is 0 Å². The number of nitrogens with zero attached hydrogens (tertiary/aromatic N) is 3. The van der Waals surface area contributed by atoms with Crippen LogP contribution in [-0.2, 0) is 4.79 Å².